The number of benzene rings is 1. The largest absolute Gasteiger partial charge is 0.490 e. The fourth-order valence-electron chi connectivity index (χ4n) is 2.70. The maximum Gasteiger partial charge on any atom is 0.311 e. The smallest absolute Gasteiger partial charge is 0.311 e. The van der Waals surface area contributed by atoms with E-state index in [0.29, 0.717) is 13.1 Å². The Morgan fingerprint density at radius 3 is 2.95 bits per heavy atom. The molecular formula is C14H18N2O5. The number of nitro benzene ring substituents is 1. The first-order chi connectivity index (χ1) is 9.99. The lowest BCUT2D eigenvalue weighted by molar-refractivity contribution is -0.385. The molecule has 0 spiro atoms. The Morgan fingerprint density at radius 1 is 1.57 bits per heavy atom. The van der Waals surface area contributed by atoms with Crippen molar-refractivity contribution in [2.75, 3.05) is 20.2 Å². The molecule has 21 heavy (non-hydrogen) atoms. The van der Waals surface area contributed by atoms with E-state index in [1.54, 1.807) is 12.1 Å². The molecule has 0 radical (unpaired) electrons. The second-order valence-electron chi connectivity index (χ2n) is 5.25. The van der Waals surface area contributed by atoms with Crippen LogP contribution in [0.1, 0.15) is 18.4 Å². The number of ether oxygens (including phenoxy) is 1. The van der Waals surface area contributed by atoms with Crippen LogP contribution in [0.2, 0.25) is 0 Å². The van der Waals surface area contributed by atoms with Crippen LogP contribution in [-0.2, 0) is 11.3 Å². The Kier molecular flexibility index (Phi) is 4.74. The van der Waals surface area contributed by atoms with E-state index in [1.165, 1.54) is 13.2 Å². The lowest BCUT2D eigenvalue weighted by atomic mass is 10.1. The number of carboxylic acids is 1. The highest BCUT2D eigenvalue weighted by Crippen LogP contribution is 2.29. The number of hydrogen-bond donors (Lipinski definition) is 1. The van der Waals surface area contributed by atoms with E-state index < -0.39 is 10.9 Å². The first kappa shape index (κ1) is 15.2. The highest BCUT2D eigenvalue weighted by Gasteiger charge is 2.25. The molecule has 7 heteroatoms. The molecule has 0 amide bonds. The van der Waals surface area contributed by atoms with Gasteiger partial charge in [0, 0.05) is 25.6 Å². The Balaban J connectivity index is 2.02. The van der Waals surface area contributed by atoms with Crippen molar-refractivity contribution in [3.8, 4) is 5.75 Å². The van der Waals surface area contributed by atoms with Crippen molar-refractivity contribution in [2.24, 2.45) is 5.92 Å². The van der Waals surface area contributed by atoms with Gasteiger partial charge in [-0.05, 0) is 30.5 Å². The van der Waals surface area contributed by atoms with Gasteiger partial charge in [0.25, 0.3) is 0 Å². The molecule has 2 rings (SSSR count). The molecule has 0 aromatic heterocycles. The zero-order chi connectivity index (χ0) is 15.4. The summed E-state index contributed by atoms with van der Waals surface area (Å²) in [6, 6.07) is 4.91. The van der Waals surface area contributed by atoms with Gasteiger partial charge >= 0.3 is 11.7 Å². The van der Waals surface area contributed by atoms with E-state index in [0.717, 1.165) is 18.5 Å². The molecular weight excluding hydrogens is 276 g/mol. The average molecular weight is 294 g/mol. The summed E-state index contributed by atoms with van der Waals surface area (Å²) in [6.07, 6.45) is 1.03. The van der Waals surface area contributed by atoms with Crippen LogP contribution in [0.25, 0.3) is 0 Å². The number of carbonyl (C=O) groups is 1. The van der Waals surface area contributed by atoms with Gasteiger partial charge in [0.2, 0.25) is 0 Å². The number of carboxylic acid groups (broad SMARTS) is 1. The van der Waals surface area contributed by atoms with Crippen LogP contribution >= 0.6 is 0 Å². The van der Waals surface area contributed by atoms with Gasteiger partial charge in [-0.15, -0.1) is 0 Å². The molecule has 1 unspecified atom stereocenters. The van der Waals surface area contributed by atoms with Crippen LogP contribution in [0.5, 0.6) is 5.75 Å². The maximum atomic E-state index is 11.0. The predicted molar refractivity (Wildman–Crippen MR) is 75.3 cm³/mol. The SMILES string of the molecule is COc1ccc(CN2CCC(CC(=O)O)C2)cc1[N+](=O)[O-]. The third-order valence-corrected chi connectivity index (χ3v) is 3.68. The fourth-order valence-corrected chi connectivity index (χ4v) is 2.70. The van der Waals surface area contributed by atoms with E-state index in [2.05, 4.69) is 4.90 Å². The predicted octanol–water partition coefficient (Wildman–Crippen LogP) is 1.90. The van der Waals surface area contributed by atoms with Gasteiger partial charge in [0.05, 0.1) is 12.0 Å². The van der Waals surface area contributed by atoms with Crippen molar-refractivity contribution in [1.29, 1.82) is 0 Å². The van der Waals surface area contributed by atoms with E-state index in [-0.39, 0.29) is 23.8 Å². The molecule has 0 aliphatic carbocycles. The second kappa shape index (κ2) is 6.53. The molecule has 1 fully saturated rings. The minimum Gasteiger partial charge on any atom is -0.490 e. The van der Waals surface area contributed by atoms with E-state index >= 15 is 0 Å². The molecule has 1 aromatic rings. The van der Waals surface area contributed by atoms with Crippen LogP contribution in [0.4, 0.5) is 5.69 Å². The summed E-state index contributed by atoms with van der Waals surface area (Å²) in [4.78, 5) is 23.4. The Hall–Kier alpha value is -2.15. The van der Waals surface area contributed by atoms with Crippen molar-refractivity contribution in [3.63, 3.8) is 0 Å². The van der Waals surface area contributed by atoms with Crippen molar-refractivity contribution in [2.45, 2.75) is 19.4 Å². The molecule has 7 nitrogen and oxygen atoms in total. The van der Waals surface area contributed by atoms with Gasteiger partial charge in [0.1, 0.15) is 0 Å². The molecule has 1 saturated heterocycles. The van der Waals surface area contributed by atoms with Crippen LogP contribution in [0.3, 0.4) is 0 Å². The molecule has 0 saturated carbocycles. The van der Waals surface area contributed by atoms with Gasteiger partial charge in [-0.25, -0.2) is 0 Å². The number of hydrogen-bond acceptors (Lipinski definition) is 5. The number of likely N-dealkylation sites (tertiary alicyclic amines) is 1. The highest BCUT2D eigenvalue weighted by atomic mass is 16.6. The van der Waals surface area contributed by atoms with Crippen molar-refractivity contribution >= 4 is 11.7 Å². The molecule has 1 aliphatic heterocycles. The Labute approximate surface area is 122 Å². The van der Waals surface area contributed by atoms with E-state index in [1.807, 2.05) is 0 Å². The van der Waals surface area contributed by atoms with E-state index in [9.17, 15) is 14.9 Å². The van der Waals surface area contributed by atoms with Crippen molar-refractivity contribution in [3.05, 3.63) is 33.9 Å². The summed E-state index contributed by atoms with van der Waals surface area (Å²) in [5.41, 5.74) is 0.787. The normalized spacial score (nSPS) is 18.6. The lowest BCUT2D eigenvalue weighted by Crippen LogP contribution is -2.21. The first-order valence-corrected chi connectivity index (χ1v) is 6.75. The summed E-state index contributed by atoms with van der Waals surface area (Å²) >= 11 is 0. The number of nitro groups is 1. The molecule has 1 aromatic carbocycles. The quantitative estimate of drug-likeness (QED) is 0.636. The number of rotatable bonds is 6. The van der Waals surface area contributed by atoms with Gasteiger partial charge in [-0.1, -0.05) is 6.07 Å². The number of nitrogens with zero attached hydrogens (tertiary/aromatic N) is 2. The number of aliphatic carboxylic acids is 1. The molecule has 1 atom stereocenters. The topological polar surface area (TPSA) is 92.9 Å². The Bertz CT molecular complexity index is 546. The zero-order valence-corrected chi connectivity index (χ0v) is 11.8. The zero-order valence-electron chi connectivity index (χ0n) is 11.8. The van der Waals surface area contributed by atoms with Gasteiger partial charge in [0.15, 0.2) is 5.75 Å². The third kappa shape index (κ3) is 3.91. The molecule has 0 bridgehead atoms. The van der Waals surface area contributed by atoms with Crippen LogP contribution in [0, 0.1) is 16.0 Å². The minimum absolute atomic E-state index is 0.0451. The standard InChI is InChI=1S/C14H18N2O5/c1-21-13-3-2-10(6-12(13)16(19)20)8-15-5-4-11(9-15)7-14(17)18/h2-3,6,11H,4-5,7-9H2,1H3,(H,17,18). The summed E-state index contributed by atoms with van der Waals surface area (Å²) < 4.78 is 4.97. The second-order valence-corrected chi connectivity index (χ2v) is 5.25. The lowest BCUT2D eigenvalue weighted by Gasteiger charge is -2.16. The van der Waals surface area contributed by atoms with Crippen LogP contribution < -0.4 is 4.74 Å². The van der Waals surface area contributed by atoms with Crippen LogP contribution in [-0.4, -0.2) is 41.1 Å². The van der Waals surface area contributed by atoms with Crippen LogP contribution in [0.15, 0.2) is 18.2 Å². The molecule has 1 heterocycles. The summed E-state index contributed by atoms with van der Waals surface area (Å²) in [7, 11) is 1.40. The van der Waals surface area contributed by atoms with Gasteiger partial charge in [-0.2, -0.15) is 0 Å². The molecule has 1 N–H and O–H groups in total. The van der Waals surface area contributed by atoms with E-state index in [4.69, 9.17) is 9.84 Å². The molecule has 114 valence electrons. The number of methoxy groups -OCH3 is 1. The third-order valence-electron chi connectivity index (χ3n) is 3.68. The molecule has 1 aliphatic rings. The first-order valence-electron chi connectivity index (χ1n) is 6.75. The highest BCUT2D eigenvalue weighted by molar-refractivity contribution is 5.67. The van der Waals surface area contributed by atoms with Crippen molar-refractivity contribution in [1.82, 2.24) is 4.90 Å². The maximum absolute atomic E-state index is 11.0. The summed E-state index contributed by atoms with van der Waals surface area (Å²) in [6.45, 7) is 2.12. The Morgan fingerprint density at radius 2 is 2.33 bits per heavy atom. The van der Waals surface area contributed by atoms with Gasteiger partial charge in [-0.3, -0.25) is 19.8 Å². The van der Waals surface area contributed by atoms with Crippen molar-refractivity contribution < 1.29 is 19.6 Å². The average Bonchev–Trinajstić information content (AvgIpc) is 2.85. The monoisotopic (exact) mass is 294 g/mol. The summed E-state index contributed by atoms with van der Waals surface area (Å²) in [5, 5.41) is 19.8. The summed E-state index contributed by atoms with van der Waals surface area (Å²) in [5.74, 6) is -0.369. The fraction of sp³-hybridized carbons (Fsp3) is 0.500. The minimum atomic E-state index is -0.776. The van der Waals surface area contributed by atoms with Gasteiger partial charge < -0.3 is 9.84 Å².